The highest BCUT2D eigenvalue weighted by atomic mass is 19.1. The zero-order chi connectivity index (χ0) is 13.8. The van der Waals surface area contributed by atoms with E-state index in [0.29, 0.717) is 5.92 Å². The van der Waals surface area contributed by atoms with Gasteiger partial charge in [0.05, 0.1) is 12.1 Å². The maximum absolute atomic E-state index is 13.0. The molecule has 0 aliphatic heterocycles. The number of carbonyl (C=O) groups excluding carboxylic acids is 1. The Bertz CT molecular complexity index is 424. The number of carbonyl (C=O) groups is 1. The van der Waals surface area contributed by atoms with Gasteiger partial charge in [-0.3, -0.25) is 4.79 Å². The fraction of sp³-hybridized carbons (Fsp3) is 0.533. The van der Waals surface area contributed by atoms with E-state index in [2.05, 4.69) is 5.32 Å². The molecule has 2 rings (SSSR count). The van der Waals surface area contributed by atoms with Gasteiger partial charge in [-0.05, 0) is 43.4 Å². The molecular formula is C15H21FN2O. The van der Waals surface area contributed by atoms with Gasteiger partial charge >= 0.3 is 0 Å². The number of halogens is 1. The fourth-order valence-electron chi connectivity index (χ4n) is 2.72. The quantitative estimate of drug-likeness (QED) is 0.878. The van der Waals surface area contributed by atoms with Crippen LogP contribution in [0.15, 0.2) is 24.3 Å². The second-order valence-corrected chi connectivity index (χ2v) is 5.37. The lowest BCUT2D eigenvalue weighted by Crippen LogP contribution is -2.42. The second kappa shape index (κ2) is 6.15. The molecule has 1 fully saturated rings. The van der Waals surface area contributed by atoms with E-state index in [0.717, 1.165) is 18.4 Å². The SMILES string of the molecule is C[C@H](N)C(=O)NC(c1ccc(F)cc1)C1CCCC1. The summed E-state index contributed by atoms with van der Waals surface area (Å²) in [4.78, 5) is 11.8. The van der Waals surface area contributed by atoms with Crippen molar-refractivity contribution in [2.24, 2.45) is 11.7 Å². The van der Waals surface area contributed by atoms with Crippen molar-refractivity contribution in [1.29, 1.82) is 0 Å². The first-order valence-corrected chi connectivity index (χ1v) is 6.89. The van der Waals surface area contributed by atoms with Crippen LogP contribution in [0.2, 0.25) is 0 Å². The third kappa shape index (κ3) is 3.53. The van der Waals surface area contributed by atoms with Gasteiger partial charge in [-0.1, -0.05) is 25.0 Å². The first-order chi connectivity index (χ1) is 9.08. The van der Waals surface area contributed by atoms with Crippen molar-refractivity contribution in [3.63, 3.8) is 0 Å². The minimum Gasteiger partial charge on any atom is -0.348 e. The Hall–Kier alpha value is -1.42. The van der Waals surface area contributed by atoms with Crippen molar-refractivity contribution in [2.45, 2.75) is 44.7 Å². The van der Waals surface area contributed by atoms with Crippen LogP contribution in [0.1, 0.15) is 44.2 Å². The molecule has 1 unspecified atom stereocenters. The van der Waals surface area contributed by atoms with Crippen LogP contribution in [0, 0.1) is 11.7 Å². The Morgan fingerprint density at radius 2 is 1.89 bits per heavy atom. The molecule has 4 heteroatoms. The number of rotatable bonds is 4. The molecule has 1 aliphatic carbocycles. The van der Waals surface area contributed by atoms with Gasteiger partial charge < -0.3 is 11.1 Å². The summed E-state index contributed by atoms with van der Waals surface area (Å²) in [6.45, 7) is 1.67. The monoisotopic (exact) mass is 264 g/mol. The summed E-state index contributed by atoms with van der Waals surface area (Å²) in [5.74, 6) is 0.0156. The molecule has 104 valence electrons. The van der Waals surface area contributed by atoms with E-state index in [9.17, 15) is 9.18 Å². The Balaban J connectivity index is 2.18. The van der Waals surface area contributed by atoms with Crippen LogP contribution < -0.4 is 11.1 Å². The summed E-state index contributed by atoms with van der Waals surface area (Å²) in [5, 5.41) is 3.01. The fourth-order valence-corrected chi connectivity index (χ4v) is 2.72. The van der Waals surface area contributed by atoms with Gasteiger partial charge in [-0.2, -0.15) is 0 Å². The van der Waals surface area contributed by atoms with Crippen LogP contribution in [0.5, 0.6) is 0 Å². The predicted octanol–water partition coefficient (Wildman–Crippen LogP) is 2.52. The molecule has 0 aromatic heterocycles. The molecule has 0 heterocycles. The summed E-state index contributed by atoms with van der Waals surface area (Å²) in [6, 6.07) is 5.80. The standard InChI is InChI=1S/C15H21FN2O/c1-10(17)15(19)18-14(11-4-2-3-5-11)12-6-8-13(16)9-7-12/h6-11,14H,2-5,17H2,1H3,(H,18,19)/t10-,14?/m0/s1. The van der Waals surface area contributed by atoms with Gasteiger partial charge in [0.2, 0.25) is 5.91 Å². The molecule has 0 bridgehead atoms. The number of benzene rings is 1. The average molecular weight is 264 g/mol. The van der Waals surface area contributed by atoms with E-state index in [1.165, 1.54) is 25.0 Å². The Kier molecular flexibility index (Phi) is 4.53. The normalized spacial score (nSPS) is 19.1. The third-order valence-electron chi connectivity index (χ3n) is 3.81. The third-order valence-corrected chi connectivity index (χ3v) is 3.81. The maximum Gasteiger partial charge on any atom is 0.237 e. The predicted molar refractivity (Wildman–Crippen MR) is 72.9 cm³/mol. The van der Waals surface area contributed by atoms with Gasteiger partial charge in [0, 0.05) is 0 Å². The van der Waals surface area contributed by atoms with E-state index < -0.39 is 6.04 Å². The Morgan fingerprint density at radius 1 is 1.32 bits per heavy atom. The van der Waals surface area contributed by atoms with E-state index in [4.69, 9.17) is 5.73 Å². The van der Waals surface area contributed by atoms with Crippen molar-refractivity contribution in [3.8, 4) is 0 Å². The molecule has 0 saturated heterocycles. The van der Waals surface area contributed by atoms with Crippen LogP contribution in [-0.4, -0.2) is 11.9 Å². The van der Waals surface area contributed by atoms with E-state index in [-0.39, 0.29) is 17.8 Å². The van der Waals surface area contributed by atoms with Crippen LogP contribution in [0.4, 0.5) is 4.39 Å². The zero-order valence-corrected chi connectivity index (χ0v) is 11.2. The summed E-state index contributed by atoms with van der Waals surface area (Å²) in [5.41, 5.74) is 6.57. The number of amides is 1. The molecule has 3 N–H and O–H groups in total. The highest BCUT2D eigenvalue weighted by molar-refractivity contribution is 5.81. The summed E-state index contributed by atoms with van der Waals surface area (Å²) >= 11 is 0. The van der Waals surface area contributed by atoms with E-state index in [1.807, 2.05) is 0 Å². The molecule has 0 spiro atoms. The molecule has 1 aliphatic rings. The molecule has 1 aromatic rings. The molecule has 1 amide bonds. The van der Waals surface area contributed by atoms with Crippen LogP contribution in [-0.2, 0) is 4.79 Å². The molecule has 2 atom stereocenters. The van der Waals surface area contributed by atoms with Crippen LogP contribution in [0.25, 0.3) is 0 Å². The molecule has 1 aromatic carbocycles. The number of hydrogen-bond acceptors (Lipinski definition) is 2. The van der Waals surface area contributed by atoms with Crippen molar-refractivity contribution in [3.05, 3.63) is 35.6 Å². The first-order valence-electron chi connectivity index (χ1n) is 6.89. The highest BCUT2D eigenvalue weighted by Crippen LogP contribution is 2.35. The van der Waals surface area contributed by atoms with Gasteiger partial charge in [0.25, 0.3) is 0 Å². The number of hydrogen-bond donors (Lipinski definition) is 2. The lowest BCUT2D eigenvalue weighted by atomic mass is 9.91. The molecule has 1 saturated carbocycles. The summed E-state index contributed by atoms with van der Waals surface area (Å²) < 4.78 is 13.0. The molecular weight excluding hydrogens is 243 g/mol. The van der Waals surface area contributed by atoms with Crippen molar-refractivity contribution in [1.82, 2.24) is 5.32 Å². The van der Waals surface area contributed by atoms with Gasteiger partial charge in [0.1, 0.15) is 5.82 Å². The lowest BCUT2D eigenvalue weighted by Gasteiger charge is -2.26. The minimum absolute atomic E-state index is 0.0541. The van der Waals surface area contributed by atoms with Gasteiger partial charge in [-0.25, -0.2) is 4.39 Å². The van der Waals surface area contributed by atoms with Gasteiger partial charge in [-0.15, -0.1) is 0 Å². The molecule has 19 heavy (non-hydrogen) atoms. The van der Waals surface area contributed by atoms with E-state index in [1.54, 1.807) is 19.1 Å². The zero-order valence-electron chi connectivity index (χ0n) is 11.2. The largest absolute Gasteiger partial charge is 0.348 e. The lowest BCUT2D eigenvalue weighted by molar-refractivity contribution is -0.123. The number of nitrogens with two attached hydrogens (primary N) is 1. The van der Waals surface area contributed by atoms with Crippen molar-refractivity contribution in [2.75, 3.05) is 0 Å². The van der Waals surface area contributed by atoms with Gasteiger partial charge in [0.15, 0.2) is 0 Å². The average Bonchev–Trinajstić information content (AvgIpc) is 2.90. The Labute approximate surface area is 113 Å². The highest BCUT2D eigenvalue weighted by Gasteiger charge is 2.28. The minimum atomic E-state index is -0.524. The van der Waals surface area contributed by atoms with Crippen molar-refractivity contribution >= 4 is 5.91 Å². The van der Waals surface area contributed by atoms with E-state index >= 15 is 0 Å². The summed E-state index contributed by atoms with van der Waals surface area (Å²) in [7, 11) is 0. The topological polar surface area (TPSA) is 55.1 Å². The number of nitrogens with one attached hydrogen (secondary N) is 1. The molecule has 3 nitrogen and oxygen atoms in total. The Morgan fingerprint density at radius 3 is 2.42 bits per heavy atom. The maximum atomic E-state index is 13.0. The van der Waals surface area contributed by atoms with Crippen LogP contribution in [0.3, 0.4) is 0 Å². The first kappa shape index (κ1) is 14.0. The molecule has 0 radical (unpaired) electrons. The summed E-state index contributed by atoms with van der Waals surface area (Å²) in [6.07, 6.45) is 4.58. The van der Waals surface area contributed by atoms with Crippen molar-refractivity contribution < 1.29 is 9.18 Å². The second-order valence-electron chi connectivity index (χ2n) is 5.37. The van der Waals surface area contributed by atoms with Crippen LogP contribution >= 0.6 is 0 Å². The smallest absolute Gasteiger partial charge is 0.237 e.